The van der Waals surface area contributed by atoms with Gasteiger partial charge in [0.15, 0.2) is 0 Å². The molecule has 1 aromatic rings. The molecular weight excluding hydrogens is 243 g/mol. The van der Waals surface area contributed by atoms with E-state index in [1.807, 2.05) is 18.2 Å². The number of halogens is 2. The van der Waals surface area contributed by atoms with E-state index in [0.29, 0.717) is 6.04 Å². The van der Waals surface area contributed by atoms with Gasteiger partial charge in [-0.2, -0.15) is 0 Å². The van der Waals surface area contributed by atoms with Crippen LogP contribution >= 0.6 is 23.2 Å². The number of rotatable bonds is 2. The minimum absolute atomic E-state index is 0.545. The number of hydrogen-bond donors (Lipinski definition) is 1. The fourth-order valence-corrected chi connectivity index (χ4v) is 2.45. The van der Waals surface area contributed by atoms with Crippen molar-refractivity contribution in [3.05, 3.63) is 28.2 Å². The minimum atomic E-state index is 0.545. The van der Waals surface area contributed by atoms with Crippen molar-refractivity contribution in [2.24, 2.45) is 0 Å². The Morgan fingerprint density at radius 3 is 3.00 bits per heavy atom. The highest BCUT2D eigenvalue weighted by Gasteiger charge is 2.19. The zero-order valence-electron chi connectivity index (χ0n) is 9.34. The second-order valence-corrected chi connectivity index (χ2v) is 4.94. The molecular formula is C12H16Cl2N2. The normalized spacial score (nSPS) is 21.2. The Balaban J connectivity index is 2.19. The molecule has 1 aliphatic heterocycles. The number of nitrogens with zero attached hydrogens (tertiary/aromatic N) is 1. The molecule has 2 rings (SSSR count). The van der Waals surface area contributed by atoms with Crippen molar-refractivity contribution in [3.8, 4) is 0 Å². The van der Waals surface area contributed by atoms with Gasteiger partial charge in [0.2, 0.25) is 0 Å². The summed E-state index contributed by atoms with van der Waals surface area (Å²) in [7, 11) is 0. The number of hydrogen-bond acceptors (Lipinski definition) is 2. The summed E-state index contributed by atoms with van der Waals surface area (Å²) in [4.78, 5) is 2.30. The molecule has 1 N–H and O–H groups in total. The van der Waals surface area contributed by atoms with Crippen molar-refractivity contribution in [2.75, 3.05) is 24.5 Å². The maximum absolute atomic E-state index is 6.20. The fourth-order valence-electron chi connectivity index (χ4n) is 2.05. The second-order valence-electron chi connectivity index (χ2n) is 4.10. The first-order valence-corrected chi connectivity index (χ1v) is 6.39. The highest BCUT2D eigenvalue weighted by Crippen LogP contribution is 2.29. The summed E-state index contributed by atoms with van der Waals surface area (Å²) in [5.41, 5.74) is 1.05. The molecule has 0 aliphatic carbocycles. The Kier molecular flexibility index (Phi) is 3.95. The Morgan fingerprint density at radius 2 is 2.25 bits per heavy atom. The van der Waals surface area contributed by atoms with E-state index in [-0.39, 0.29) is 0 Å². The van der Waals surface area contributed by atoms with Crippen LogP contribution in [0.25, 0.3) is 0 Å². The molecule has 1 unspecified atom stereocenters. The summed E-state index contributed by atoms with van der Waals surface area (Å²) in [5.74, 6) is 0. The van der Waals surface area contributed by atoms with Crippen molar-refractivity contribution in [1.82, 2.24) is 5.32 Å². The van der Waals surface area contributed by atoms with Crippen LogP contribution in [0.1, 0.15) is 13.3 Å². The van der Waals surface area contributed by atoms with E-state index in [0.717, 1.165) is 41.8 Å². The molecule has 1 saturated heterocycles. The molecule has 0 aromatic heterocycles. The molecule has 1 atom stereocenters. The molecule has 0 bridgehead atoms. The monoisotopic (exact) mass is 258 g/mol. The summed E-state index contributed by atoms with van der Waals surface area (Å²) in [6.07, 6.45) is 1.13. The molecule has 2 nitrogen and oxygen atoms in total. The number of benzene rings is 1. The molecule has 0 spiro atoms. The van der Waals surface area contributed by atoms with Gasteiger partial charge in [0.05, 0.1) is 10.7 Å². The van der Waals surface area contributed by atoms with Crippen molar-refractivity contribution >= 4 is 28.9 Å². The molecule has 88 valence electrons. The molecule has 0 amide bonds. The number of anilines is 1. The van der Waals surface area contributed by atoms with Crippen LogP contribution in [0.3, 0.4) is 0 Å². The second kappa shape index (κ2) is 5.26. The molecule has 0 radical (unpaired) electrons. The third kappa shape index (κ3) is 2.62. The summed E-state index contributed by atoms with van der Waals surface area (Å²) >= 11 is 12.2. The van der Waals surface area contributed by atoms with Crippen LogP contribution < -0.4 is 10.2 Å². The van der Waals surface area contributed by atoms with Crippen LogP contribution in [-0.2, 0) is 0 Å². The summed E-state index contributed by atoms with van der Waals surface area (Å²) in [6.45, 7) is 5.18. The Bertz CT molecular complexity index is 368. The molecule has 16 heavy (non-hydrogen) atoms. The van der Waals surface area contributed by atoms with Gasteiger partial charge >= 0.3 is 0 Å². The van der Waals surface area contributed by atoms with Crippen LogP contribution in [0, 0.1) is 0 Å². The predicted molar refractivity (Wildman–Crippen MR) is 70.8 cm³/mol. The SMILES string of the molecule is CCC1CN(c2cc(Cl)ccc2Cl)CCN1. The van der Waals surface area contributed by atoms with Crippen LogP contribution in [0.5, 0.6) is 0 Å². The van der Waals surface area contributed by atoms with E-state index in [1.165, 1.54) is 0 Å². The lowest BCUT2D eigenvalue weighted by Gasteiger charge is -2.35. The van der Waals surface area contributed by atoms with Gasteiger partial charge in [-0.15, -0.1) is 0 Å². The Labute approximate surface area is 107 Å². The first-order valence-electron chi connectivity index (χ1n) is 5.64. The van der Waals surface area contributed by atoms with Gasteiger partial charge in [0, 0.05) is 30.7 Å². The van der Waals surface area contributed by atoms with Gasteiger partial charge in [-0.25, -0.2) is 0 Å². The maximum Gasteiger partial charge on any atom is 0.0640 e. The number of nitrogens with one attached hydrogen (secondary N) is 1. The zero-order chi connectivity index (χ0) is 11.5. The van der Waals surface area contributed by atoms with E-state index < -0.39 is 0 Å². The first kappa shape index (κ1) is 12.0. The van der Waals surface area contributed by atoms with Crippen LogP contribution in [0.4, 0.5) is 5.69 Å². The molecule has 4 heteroatoms. The molecule has 1 heterocycles. The average molecular weight is 259 g/mol. The number of piperazine rings is 1. The highest BCUT2D eigenvalue weighted by atomic mass is 35.5. The fraction of sp³-hybridized carbons (Fsp3) is 0.500. The van der Waals surface area contributed by atoms with Gasteiger partial charge < -0.3 is 10.2 Å². The van der Waals surface area contributed by atoms with Crippen LogP contribution in [0.15, 0.2) is 18.2 Å². The van der Waals surface area contributed by atoms with Crippen LogP contribution in [0.2, 0.25) is 10.0 Å². The van der Waals surface area contributed by atoms with Gasteiger partial charge in [0.25, 0.3) is 0 Å². The van der Waals surface area contributed by atoms with E-state index in [9.17, 15) is 0 Å². The highest BCUT2D eigenvalue weighted by molar-refractivity contribution is 6.35. The van der Waals surface area contributed by atoms with E-state index >= 15 is 0 Å². The lowest BCUT2D eigenvalue weighted by atomic mass is 10.1. The average Bonchev–Trinajstić information content (AvgIpc) is 2.32. The lowest BCUT2D eigenvalue weighted by Crippen LogP contribution is -2.50. The van der Waals surface area contributed by atoms with Crippen molar-refractivity contribution < 1.29 is 0 Å². The Hall–Kier alpha value is -0.440. The summed E-state index contributed by atoms with van der Waals surface area (Å²) in [6, 6.07) is 6.18. The molecule has 1 fully saturated rings. The lowest BCUT2D eigenvalue weighted by molar-refractivity contribution is 0.447. The quantitative estimate of drug-likeness (QED) is 0.877. The van der Waals surface area contributed by atoms with E-state index in [1.54, 1.807) is 0 Å². The first-order chi connectivity index (χ1) is 7.70. The van der Waals surface area contributed by atoms with Crippen molar-refractivity contribution in [2.45, 2.75) is 19.4 Å². The summed E-state index contributed by atoms with van der Waals surface area (Å²) < 4.78 is 0. The molecule has 1 aliphatic rings. The maximum atomic E-state index is 6.20. The third-order valence-electron chi connectivity index (χ3n) is 3.00. The zero-order valence-corrected chi connectivity index (χ0v) is 10.9. The van der Waals surface area contributed by atoms with Gasteiger partial charge in [0.1, 0.15) is 0 Å². The molecule has 0 saturated carbocycles. The van der Waals surface area contributed by atoms with Gasteiger partial charge in [-0.1, -0.05) is 30.1 Å². The predicted octanol–water partition coefficient (Wildman–Crippen LogP) is 3.18. The third-order valence-corrected chi connectivity index (χ3v) is 3.55. The van der Waals surface area contributed by atoms with E-state index in [2.05, 4.69) is 17.1 Å². The standard InChI is InChI=1S/C12H16Cl2N2/c1-2-10-8-16(6-5-15-10)12-7-9(13)3-4-11(12)14/h3-4,7,10,15H,2,5-6,8H2,1H3. The van der Waals surface area contributed by atoms with Gasteiger partial charge in [-0.3, -0.25) is 0 Å². The Morgan fingerprint density at radius 1 is 1.44 bits per heavy atom. The van der Waals surface area contributed by atoms with Gasteiger partial charge in [-0.05, 0) is 24.6 Å². The minimum Gasteiger partial charge on any atom is -0.367 e. The largest absolute Gasteiger partial charge is 0.367 e. The topological polar surface area (TPSA) is 15.3 Å². The van der Waals surface area contributed by atoms with Crippen molar-refractivity contribution in [1.29, 1.82) is 0 Å². The van der Waals surface area contributed by atoms with Crippen molar-refractivity contribution in [3.63, 3.8) is 0 Å². The van der Waals surface area contributed by atoms with E-state index in [4.69, 9.17) is 23.2 Å². The summed E-state index contributed by atoms with van der Waals surface area (Å²) in [5, 5.41) is 5.01. The van der Waals surface area contributed by atoms with Crippen LogP contribution in [-0.4, -0.2) is 25.7 Å². The smallest absolute Gasteiger partial charge is 0.0640 e. The molecule has 1 aromatic carbocycles.